The lowest BCUT2D eigenvalue weighted by atomic mass is 10.3. The normalized spacial score (nSPS) is 11.8. The molecule has 4 nitrogen and oxygen atoms in total. The van der Waals surface area contributed by atoms with E-state index in [4.69, 9.17) is 11.7 Å². The van der Waals surface area contributed by atoms with E-state index < -0.39 is 0 Å². The molecule has 13 heavy (non-hydrogen) atoms. The van der Waals surface area contributed by atoms with Crippen molar-refractivity contribution in [1.82, 2.24) is 5.43 Å². The van der Waals surface area contributed by atoms with Gasteiger partial charge in [-0.05, 0) is 44.3 Å². The van der Waals surface area contributed by atoms with E-state index in [0.717, 1.165) is 18.7 Å². The van der Waals surface area contributed by atoms with E-state index in [-0.39, 0.29) is 0 Å². The van der Waals surface area contributed by atoms with Crippen molar-refractivity contribution >= 4 is 49.0 Å². The van der Waals surface area contributed by atoms with Crippen LogP contribution in [0, 0.1) is 6.92 Å². The highest BCUT2D eigenvalue weighted by Crippen LogP contribution is 2.36. The second-order valence-corrected chi connectivity index (χ2v) is 5.40. The van der Waals surface area contributed by atoms with E-state index in [1.54, 1.807) is 0 Å². The van der Waals surface area contributed by atoms with Crippen LogP contribution in [0.5, 0.6) is 0 Å². The maximum atomic E-state index is 5.26. The van der Waals surface area contributed by atoms with E-state index in [2.05, 4.69) is 42.4 Å². The summed E-state index contributed by atoms with van der Waals surface area (Å²) in [4.78, 5) is 0.920. The number of hydrazine groups is 1. The molecule has 0 fully saturated rings. The van der Waals surface area contributed by atoms with Crippen LogP contribution in [0.15, 0.2) is 13.4 Å². The van der Waals surface area contributed by atoms with Crippen molar-refractivity contribution in [2.45, 2.75) is 6.92 Å². The molecular weight excluding hydrogens is 320 g/mol. The van der Waals surface area contributed by atoms with Gasteiger partial charge in [-0.25, -0.2) is 5.84 Å². The Balaban J connectivity index is 3.23. The number of hydrazone groups is 1. The fourth-order valence-electron chi connectivity index (χ4n) is 0.845. The zero-order chi connectivity index (χ0) is 10.0. The second-order valence-electron chi connectivity index (χ2n) is 2.27. The van der Waals surface area contributed by atoms with Crippen molar-refractivity contribution in [2.24, 2.45) is 16.8 Å². The van der Waals surface area contributed by atoms with Crippen LogP contribution in [0.3, 0.4) is 0 Å². The molecule has 0 unspecified atom stereocenters. The van der Waals surface area contributed by atoms with Crippen LogP contribution < -0.4 is 17.1 Å². The van der Waals surface area contributed by atoms with Crippen molar-refractivity contribution in [3.8, 4) is 0 Å². The van der Waals surface area contributed by atoms with Gasteiger partial charge in [0.1, 0.15) is 0 Å². The van der Waals surface area contributed by atoms with Crippen LogP contribution in [-0.2, 0) is 0 Å². The highest BCUT2D eigenvalue weighted by Gasteiger charge is 2.14. The molecule has 0 aromatic carbocycles. The number of thiophene rings is 1. The van der Waals surface area contributed by atoms with E-state index in [9.17, 15) is 0 Å². The Morgan fingerprint density at radius 3 is 2.46 bits per heavy atom. The van der Waals surface area contributed by atoms with Crippen LogP contribution >= 0.6 is 43.2 Å². The van der Waals surface area contributed by atoms with Gasteiger partial charge < -0.3 is 11.3 Å². The number of hydrogen-bond acceptors (Lipinski definition) is 4. The zero-order valence-electron chi connectivity index (χ0n) is 6.77. The number of nitrogens with one attached hydrogen (secondary N) is 1. The van der Waals surface area contributed by atoms with Gasteiger partial charge in [0.15, 0.2) is 5.84 Å². The highest BCUT2D eigenvalue weighted by atomic mass is 79.9. The third kappa shape index (κ3) is 2.04. The molecule has 0 atom stereocenters. The third-order valence-corrected chi connectivity index (χ3v) is 5.27. The summed E-state index contributed by atoms with van der Waals surface area (Å²) in [6, 6.07) is 0. The number of nitrogens with two attached hydrogens (primary N) is 2. The van der Waals surface area contributed by atoms with E-state index >= 15 is 0 Å². The maximum absolute atomic E-state index is 5.26. The largest absolute Gasteiger partial charge is 0.321 e. The molecule has 0 radical (unpaired) electrons. The van der Waals surface area contributed by atoms with Gasteiger partial charge in [-0.3, -0.25) is 0 Å². The maximum Gasteiger partial charge on any atom is 0.177 e. The molecule has 0 aliphatic rings. The first-order valence-corrected chi connectivity index (χ1v) is 5.71. The standard InChI is InChI=1S/C6H8Br2N4S/c1-2-3(7)5(8)13-4(2)6(11-9)12-10/h9-10H2,1H3,(H,11,12). The number of amidine groups is 1. The minimum atomic E-state index is 0.480. The number of nitrogens with zero attached hydrogens (tertiary/aromatic N) is 1. The Morgan fingerprint density at radius 2 is 2.15 bits per heavy atom. The molecule has 0 bridgehead atoms. The zero-order valence-corrected chi connectivity index (χ0v) is 10.8. The van der Waals surface area contributed by atoms with Gasteiger partial charge in [-0.1, -0.05) is 0 Å². The molecule has 1 aromatic rings. The molecule has 1 heterocycles. The van der Waals surface area contributed by atoms with Gasteiger partial charge in [0.25, 0.3) is 0 Å². The monoisotopic (exact) mass is 326 g/mol. The molecule has 0 amide bonds. The molecule has 0 saturated heterocycles. The van der Waals surface area contributed by atoms with Crippen LogP contribution in [0.4, 0.5) is 0 Å². The SMILES string of the molecule is Cc1c(/C(=N/N)NN)sc(Br)c1Br. The predicted molar refractivity (Wildman–Crippen MR) is 62.5 cm³/mol. The van der Waals surface area contributed by atoms with Gasteiger partial charge in [0, 0.05) is 4.47 Å². The van der Waals surface area contributed by atoms with Crippen molar-refractivity contribution in [3.05, 3.63) is 18.7 Å². The molecule has 1 rings (SSSR count). The molecule has 0 aliphatic carbocycles. The first-order chi connectivity index (χ1) is 6.11. The number of rotatable bonds is 1. The van der Waals surface area contributed by atoms with Gasteiger partial charge >= 0.3 is 0 Å². The Morgan fingerprint density at radius 1 is 1.54 bits per heavy atom. The molecule has 5 N–H and O–H groups in total. The fraction of sp³-hybridized carbons (Fsp3) is 0.167. The Labute approximate surface area is 96.6 Å². The smallest absolute Gasteiger partial charge is 0.177 e. The van der Waals surface area contributed by atoms with Crippen LogP contribution in [0.1, 0.15) is 10.4 Å². The lowest BCUT2D eigenvalue weighted by Gasteiger charge is -2.01. The summed E-state index contributed by atoms with van der Waals surface area (Å²) in [5.74, 6) is 10.9. The van der Waals surface area contributed by atoms with E-state index in [1.165, 1.54) is 11.3 Å². The predicted octanol–water partition coefficient (Wildman–Crippen LogP) is 1.67. The summed E-state index contributed by atoms with van der Waals surface area (Å²) in [5, 5.41) is 3.54. The first-order valence-electron chi connectivity index (χ1n) is 3.31. The lowest BCUT2D eigenvalue weighted by Crippen LogP contribution is -2.31. The second kappa shape index (κ2) is 4.41. The summed E-state index contributed by atoms with van der Waals surface area (Å²) in [5.41, 5.74) is 3.50. The summed E-state index contributed by atoms with van der Waals surface area (Å²) in [6.45, 7) is 1.96. The molecule has 72 valence electrons. The summed E-state index contributed by atoms with van der Waals surface area (Å²) in [7, 11) is 0. The van der Waals surface area contributed by atoms with Gasteiger partial charge in [-0.15, -0.1) is 11.3 Å². The third-order valence-electron chi connectivity index (χ3n) is 1.51. The summed E-state index contributed by atoms with van der Waals surface area (Å²) < 4.78 is 2.00. The van der Waals surface area contributed by atoms with Crippen LogP contribution in [0.2, 0.25) is 0 Å². The van der Waals surface area contributed by atoms with E-state index in [0.29, 0.717) is 5.84 Å². The topological polar surface area (TPSA) is 76.4 Å². The molecular formula is C6H8Br2N4S. The molecule has 0 spiro atoms. The first kappa shape index (κ1) is 11.0. The molecule has 0 saturated carbocycles. The summed E-state index contributed by atoms with van der Waals surface area (Å²) >= 11 is 8.34. The van der Waals surface area contributed by atoms with Crippen molar-refractivity contribution in [2.75, 3.05) is 0 Å². The Bertz CT molecular complexity index is 347. The molecule has 0 aliphatic heterocycles. The van der Waals surface area contributed by atoms with Gasteiger partial charge in [0.05, 0.1) is 8.66 Å². The number of hydrogen-bond donors (Lipinski definition) is 3. The molecule has 7 heteroatoms. The Hall–Kier alpha value is -0.110. The van der Waals surface area contributed by atoms with Crippen molar-refractivity contribution in [1.29, 1.82) is 0 Å². The fourth-order valence-corrected chi connectivity index (χ4v) is 3.09. The van der Waals surface area contributed by atoms with Crippen LogP contribution in [-0.4, -0.2) is 5.84 Å². The van der Waals surface area contributed by atoms with Crippen molar-refractivity contribution < 1.29 is 0 Å². The Kier molecular flexibility index (Phi) is 3.72. The molecule has 1 aromatic heterocycles. The van der Waals surface area contributed by atoms with Crippen molar-refractivity contribution in [3.63, 3.8) is 0 Å². The lowest BCUT2D eigenvalue weighted by molar-refractivity contribution is 1.01. The summed E-state index contributed by atoms with van der Waals surface area (Å²) in [6.07, 6.45) is 0. The van der Waals surface area contributed by atoms with Gasteiger partial charge in [-0.2, -0.15) is 5.10 Å². The number of halogens is 2. The average Bonchev–Trinajstić information content (AvgIpc) is 2.36. The van der Waals surface area contributed by atoms with Crippen LogP contribution in [0.25, 0.3) is 0 Å². The van der Waals surface area contributed by atoms with E-state index in [1.807, 2.05) is 6.92 Å². The minimum absolute atomic E-state index is 0.480. The minimum Gasteiger partial charge on any atom is -0.321 e. The highest BCUT2D eigenvalue weighted by molar-refractivity contribution is 9.13. The van der Waals surface area contributed by atoms with Gasteiger partial charge in [0.2, 0.25) is 0 Å². The average molecular weight is 328 g/mol. The quantitative estimate of drug-likeness (QED) is 0.318.